The molecule has 2 amide bonds. The number of likely N-dealkylation sites (N-methyl/N-ethyl adjacent to an activating group) is 1. The van der Waals surface area contributed by atoms with Gasteiger partial charge in [0.15, 0.2) is 0 Å². The van der Waals surface area contributed by atoms with Crippen molar-refractivity contribution in [3.63, 3.8) is 0 Å². The maximum Gasteiger partial charge on any atom is 0.326 e. The Morgan fingerprint density at radius 2 is 2.00 bits per heavy atom. The van der Waals surface area contributed by atoms with Gasteiger partial charge in [-0.1, -0.05) is 19.8 Å². The summed E-state index contributed by atoms with van der Waals surface area (Å²) in [5, 5.41) is 14.0. The molecule has 0 radical (unpaired) electrons. The van der Waals surface area contributed by atoms with Crippen LogP contribution < -0.4 is 10.6 Å². The number of carbonyl (C=O) groups excluding carboxylic acids is 1. The predicted octanol–water partition coefficient (Wildman–Crippen LogP) is 0.491. The number of hydrogen-bond donors (Lipinski definition) is 3. The highest BCUT2D eigenvalue weighted by molar-refractivity contribution is 5.82. The number of carboxylic acids is 1. The van der Waals surface area contributed by atoms with Gasteiger partial charge in [-0.3, -0.25) is 0 Å². The SMILES string of the molecule is CCCCC(NC(=O)NCCN(C)C)C(=O)O. The van der Waals surface area contributed by atoms with Crippen LogP contribution in [0.5, 0.6) is 0 Å². The lowest BCUT2D eigenvalue weighted by atomic mass is 10.1. The fraction of sp³-hybridized carbons (Fsp3) is 0.818. The molecule has 0 aromatic carbocycles. The van der Waals surface area contributed by atoms with Crippen LogP contribution in [0, 0.1) is 0 Å². The van der Waals surface area contributed by atoms with Gasteiger partial charge in [-0.05, 0) is 20.5 Å². The third-order valence-electron chi connectivity index (χ3n) is 2.29. The fourth-order valence-corrected chi connectivity index (χ4v) is 1.27. The molecule has 0 spiro atoms. The zero-order valence-corrected chi connectivity index (χ0v) is 10.8. The zero-order valence-electron chi connectivity index (χ0n) is 10.8. The minimum atomic E-state index is -0.985. The lowest BCUT2D eigenvalue weighted by Crippen LogP contribution is -2.47. The average Bonchev–Trinajstić information content (AvgIpc) is 2.23. The highest BCUT2D eigenvalue weighted by Crippen LogP contribution is 2.00. The molecule has 0 saturated carbocycles. The molecule has 0 aliphatic heterocycles. The van der Waals surface area contributed by atoms with E-state index in [0.29, 0.717) is 13.0 Å². The minimum absolute atomic E-state index is 0.421. The number of amides is 2. The molecule has 100 valence electrons. The Morgan fingerprint density at radius 3 is 2.47 bits per heavy atom. The average molecular weight is 245 g/mol. The molecule has 17 heavy (non-hydrogen) atoms. The van der Waals surface area contributed by atoms with Crippen molar-refractivity contribution in [2.24, 2.45) is 0 Å². The largest absolute Gasteiger partial charge is 0.480 e. The number of unbranched alkanes of at least 4 members (excludes halogenated alkanes) is 1. The van der Waals surface area contributed by atoms with Crippen molar-refractivity contribution >= 4 is 12.0 Å². The van der Waals surface area contributed by atoms with Crippen LogP contribution in [0.1, 0.15) is 26.2 Å². The molecule has 0 rings (SSSR count). The van der Waals surface area contributed by atoms with E-state index in [0.717, 1.165) is 19.4 Å². The van der Waals surface area contributed by atoms with E-state index in [1.165, 1.54) is 0 Å². The van der Waals surface area contributed by atoms with Crippen molar-refractivity contribution in [2.45, 2.75) is 32.2 Å². The molecule has 1 atom stereocenters. The first-order valence-electron chi connectivity index (χ1n) is 5.89. The van der Waals surface area contributed by atoms with E-state index in [1.807, 2.05) is 25.9 Å². The monoisotopic (exact) mass is 245 g/mol. The van der Waals surface area contributed by atoms with Gasteiger partial charge in [0.1, 0.15) is 6.04 Å². The maximum absolute atomic E-state index is 11.4. The van der Waals surface area contributed by atoms with Crippen LogP contribution in [0.15, 0.2) is 0 Å². The summed E-state index contributed by atoms with van der Waals surface area (Å²) in [6, 6.07) is -1.22. The molecule has 0 aliphatic carbocycles. The lowest BCUT2D eigenvalue weighted by Gasteiger charge is -2.15. The highest BCUT2D eigenvalue weighted by Gasteiger charge is 2.18. The summed E-state index contributed by atoms with van der Waals surface area (Å²) >= 11 is 0. The first kappa shape index (κ1) is 15.7. The second kappa shape index (κ2) is 8.81. The third kappa shape index (κ3) is 8.50. The Balaban J connectivity index is 3.91. The standard InChI is InChI=1S/C11H23N3O3/c1-4-5-6-9(10(15)16)13-11(17)12-7-8-14(2)3/h9H,4-8H2,1-3H3,(H,15,16)(H2,12,13,17). The Kier molecular flexibility index (Phi) is 8.13. The molecule has 0 aromatic heterocycles. The summed E-state index contributed by atoms with van der Waals surface area (Å²) in [5.74, 6) is -0.985. The quantitative estimate of drug-likeness (QED) is 0.581. The summed E-state index contributed by atoms with van der Waals surface area (Å²) in [4.78, 5) is 24.2. The van der Waals surface area contributed by atoms with Crippen molar-refractivity contribution in [2.75, 3.05) is 27.2 Å². The summed E-state index contributed by atoms with van der Waals surface area (Å²) in [6.07, 6.45) is 2.16. The highest BCUT2D eigenvalue weighted by atomic mass is 16.4. The number of hydrogen-bond acceptors (Lipinski definition) is 3. The van der Waals surface area contributed by atoms with Crippen molar-refractivity contribution in [1.82, 2.24) is 15.5 Å². The molecule has 0 fully saturated rings. The second-order valence-corrected chi connectivity index (χ2v) is 4.24. The van der Waals surface area contributed by atoms with Gasteiger partial charge < -0.3 is 20.6 Å². The van der Waals surface area contributed by atoms with E-state index in [-0.39, 0.29) is 0 Å². The smallest absolute Gasteiger partial charge is 0.326 e. The predicted molar refractivity (Wildman–Crippen MR) is 66.0 cm³/mol. The van der Waals surface area contributed by atoms with E-state index in [9.17, 15) is 9.59 Å². The number of urea groups is 1. The first-order valence-corrected chi connectivity index (χ1v) is 5.89. The van der Waals surface area contributed by atoms with Gasteiger partial charge in [0, 0.05) is 13.1 Å². The number of carbonyl (C=O) groups is 2. The van der Waals surface area contributed by atoms with Crippen LogP contribution in [0.2, 0.25) is 0 Å². The topological polar surface area (TPSA) is 81.7 Å². The van der Waals surface area contributed by atoms with Gasteiger partial charge in [0.25, 0.3) is 0 Å². The Morgan fingerprint density at radius 1 is 1.35 bits per heavy atom. The van der Waals surface area contributed by atoms with Crippen LogP contribution in [0.4, 0.5) is 4.79 Å². The van der Waals surface area contributed by atoms with Gasteiger partial charge in [0.05, 0.1) is 0 Å². The third-order valence-corrected chi connectivity index (χ3v) is 2.29. The summed E-state index contributed by atoms with van der Waals surface area (Å²) in [6.45, 7) is 3.20. The molecule has 0 heterocycles. The van der Waals surface area contributed by atoms with Crippen molar-refractivity contribution in [3.05, 3.63) is 0 Å². The molecule has 1 unspecified atom stereocenters. The van der Waals surface area contributed by atoms with E-state index < -0.39 is 18.0 Å². The van der Waals surface area contributed by atoms with Crippen LogP contribution in [0.25, 0.3) is 0 Å². The van der Waals surface area contributed by atoms with Crippen molar-refractivity contribution in [1.29, 1.82) is 0 Å². The molecule has 0 saturated heterocycles. The van der Waals surface area contributed by atoms with Gasteiger partial charge >= 0.3 is 12.0 Å². The first-order chi connectivity index (χ1) is 7.97. The molecule has 0 aliphatic rings. The normalized spacial score (nSPS) is 12.2. The maximum atomic E-state index is 11.4. The lowest BCUT2D eigenvalue weighted by molar-refractivity contribution is -0.139. The van der Waals surface area contributed by atoms with E-state index in [2.05, 4.69) is 10.6 Å². The Hall–Kier alpha value is -1.30. The summed E-state index contributed by atoms with van der Waals surface area (Å²) in [5.41, 5.74) is 0. The van der Waals surface area contributed by atoms with Crippen LogP contribution in [0.3, 0.4) is 0 Å². The number of carboxylic acid groups (broad SMARTS) is 1. The van der Waals surface area contributed by atoms with E-state index in [4.69, 9.17) is 5.11 Å². The van der Waals surface area contributed by atoms with Gasteiger partial charge in [-0.25, -0.2) is 9.59 Å². The van der Waals surface area contributed by atoms with Gasteiger partial charge in [0.2, 0.25) is 0 Å². The van der Waals surface area contributed by atoms with Crippen molar-refractivity contribution < 1.29 is 14.7 Å². The molecular formula is C11H23N3O3. The number of nitrogens with zero attached hydrogens (tertiary/aromatic N) is 1. The minimum Gasteiger partial charge on any atom is -0.480 e. The Labute approximate surface area is 102 Å². The molecule has 0 aromatic rings. The van der Waals surface area contributed by atoms with Crippen LogP contribution in [-0.2, 0) is 4.79 Å². The zero-order chi connectivity index (χ0) is 13.3. The Bertz CT molecular complexity index is 244. The molecule has 6 nitrogen and oxygen atoms in total. The van der Waals surface area contributed by atoms with Crippen LogP contribution in [-0.4, -0.2) is 55.2 Å². The molecule has 6 heteroatoms. The second-order valence-electron chi connectivity index (χ2n) is 4.24. The fourth-order valence-electron chi connectivity index (χ4n) is 1.27. The number of nitrogens with one attached hydrogen (secondary N) is 2. The van der Waals surface area contributed by atoms with Crippen LogP contribution >= 0.6 is 0 Å². The number of aliphatic carboxylic acids is 1. The van der Waals surface area contributed by atoms with E-state index in [1.54, 1.807) is 0 Å². The molecular weight excluding hydrogens is 222 g/mol. The number of rotatable bonds is 8. The molecule has 3 N–H and O–H groups in total. The summed E-state index contributed by atoms with van der Waals surface area (Å²) in [7, 11) is 3.81. The molecule has 0 bridgehead atoms. The van der Waals surface area contributed by atoms with Gasteiger partial charge in [-0.15, -0.1) is 0 Å². The van der Waals surface area contributed by atoms with Crippen molar-refractivity contribution in [3.8, 4) is 0 Å². The van der Waals surface area contributed by atoms with E-state index >= 15 is 0 Å². The summed E-state index contributed by atoms with van der Waals surface area (Å²) < 4.78 is 0. The van der Waals surface area contributed by atoms with Gasteiger partial charge in [-0.2, -0.15) is 0 Å².